The van der Waals surface area contributed by atoms with E-state index in [1.54, 1.807) is 31.2 Å². The number of rotatable bonds is 29. The van der Waals surface area contributed by atoms with Gasteiger partial charge in [-0.1, -0.05) is 26.3 Å². The molecule has 5 aliphatic heterocycles. The van der Waals surface area contributed by atoms with Crippen LogP contribution in [0.2, 0.25) is 0 Å². The fraction of sp³-hybridized carbons (Fsp3) is 0.430. The van der Waals surface area contributed by atoms with E-state index in [-0.39, 0.29) is 181 Å². The summed E-state index contributed by atoms with van der Waals surface area (Å²) in [5, 5.41) is 63.6. The molecule has 7 atom stereocenters. The van der Waals surface area contributed by atoms with Gasteiger partial charge in [0.05, 0.1) is 37.4 Å². The number of hydrogen-bond acceptors (Lipinski definition) is 28. The molecular formula is C86H105N21O21S. The van der Waals surface area contributed by atoms with Crippen LogP contribution in [0, 0.1) is 17.8 Å². The number of carbonyl (C=O) groups excluding carboxylic acids is 13. The highest BCUT2D eigenvalue weighted by atomic mass is 32.2. The number of amides is 13. The van der Waals surface area contributed by atoms with Gasteiger partial charge in [-0.05, 0) is 174 Å². The maximum absolute atomic E-state index is 14.3. The lowest BCUT2D eigenvalue weighted by molar-refractivity contribution is -0.138. The van der Waals surface area contributed by atoms with Crippen molar-refractivity contribution in [2.45, 2.75) is 146 Å². The van der Waals surface area contributed by atoms with Gasteiger partial charge in [-0.25, -0.2) is 4.79 Å². The van der Waals surface area contributed by atoms with Crippen LogP contribution in [0.5, 0.6) is 11.5 Å². The Bertz CT molecular complexity index is 5430. The molecule has 23 N–H and O–H groups in total. The minimum absolute atomic E-state index is 0.0258. The number of aliphatic carboxylic acids is 1. The predicted molar refractivity (Wildman–Crippen MR) is 472 cm³/mol. The van der Waals surface area contributed by atoms with Gasteiger partial charge in [0.2, 0.25) is 82.8 Å². The second kappa shape index (κ2) is 44.9. The lowest BCUT2D eigenvalue weighted by atomic mass is 9.90. The van der Waals surface area contributed by atoms with Gasteiger partial charge < -0.3 is 121 Å². The number of benzene rings is 5. The van der Waals surface area contributed by atoms with Crippen LogP contribution in [-0.4, -0.2) is 227 Å². The van der Waals surface area contributed by atoms with Gasteiger partial charge in [0.1, 0.15) is 59.1 Å². The number of hydrogen-bond donors (Lipinski definition) is 19. The summed E-state index contributed by atoms with van der Waals surface area (Å²) in [7, 11) is 0. The van der Waals surface area contributed by atoms with Gasteiger partial charge in [0, 0.05) is 114 Å². The van der Waals surface area contributed by atoms with E-state index < -0.39 is 175 Å². The normalized spacial score (nSPS) is 19.3. The van der Waals surface area contributed by atoms with E-state index >= 15 is 0 Å². The smallest absolute Gasteiger partial charge is 0.336 e. The van der Waals surface area contributed by atoms with Gasteiger partial charge >= 0.3 is 11.9 Å². The number of thioether (sulfide) groups is 1. The number of phenols is 1. The van der Waals surface area contributed by atoms with Crippen LogP contribution in [0.25, 0.3) is 33.4 Å². The van der Waals surface area contributed by atoms with Crippen LogP contribution in [0.4, 0.5) is 34.9 Å². The lowest BCUT2D eigenvalue weighted by Crippen LogP contribution is -2.56. The maximum atomic E-state index is 14.3. The Balaban J connectivity index is 0.780. The van der Waals surface area contributed by atoms with E-state index in [0.717, 1.165) is 0 Å². The largest absolute Gasteiger partial charge is 0.508 e. The summed E-state index contributed by atoms with van der Waals surface area (Å²) in [5.74, 6) is -13.6. The third-order valence-electron chi connectivity index (χ3n) is 22.4. The summed E-state index contributed by atoms with van der Waals surface area (Å²) in [6.07, 6.45) is 2.17. The summed E-state index contributed by atoms with van der Waals surface area (Å²) in [6, 6.07) is 13.9. The molecule has 43 heteroatoms. The molecule has 2 bridgehead atoms. The van der Waals surface area contributed by atoms with Crippen molar-refractivity contribution in [3.8, 4) is 33.9 Å². The van der Waals surface area contributed by atoms with Crippen LogP contribution in [0.15, 0.2) is 100 Å². The van der Waals surface area contributed by atoms with E-state index in [1.165, 1.54) is 78.5 Å². The van der Waals surface area contributed by atoms with Crippen molar-refractivity contribution in [1.82, 2.24) is 62.8 Å². The first-order valence-corrected chi connectivity index (χ1v) is 43.5. The van der Waals surface area contributed by atoms with Crippen molar-refractivity contribution < 1.29 is 96.4 Å². The molecule has 1 aromatic heterocycles. The summed E-state index contributed by atoms with van der Waals surface area (Å²) < 4.78 is 12.0. The molecule has 686 valence electrons. The molecule has 42 nitrogen and oxygen atoms in total. The van der Waals surface area contributed by atoms with Crippen molar-refractivity contribution in [3.63, 3.8) is 0 Å². The number of phenolic OH excluding ortho intramolecular Hbond substituents is 1. The Hall–Kier alpha value is -14.1. The van der Waals surface area contributed by atoms with E-state index in [4.69, 9.17) is 47.0 Å². The molecule has 1 aliphatic carbocycles. The Morgan fingerprint density at radius 2 is 1.19 bits per heavy atom. The number of ether oxygens (including phenoxy) is 1. The van der Waals surface area contributed by atoms with Crippen molar-refractivity contribution >= 4 is 146 Å². The zero-order chi connectivity index (χ0) is 92.7. The number of carboxylic acid groups (broad SMARTS) is 2. The monoisotopic (exact) mass is 1800 g/mol. The second-order valence-corrected chi connectivity index (χ2v) is 32.8. The molecule has 0 radical (unpaired) electrons. The first-order valence-electron chi connectivity index (χ1n) is 42.4. The van der Waals surface area contributed by atoms with Gasteiger partial charge in [0.25, 0.3) is 11.8 Å². The van der Waals surface area contributed by atoms with Gasteiger partial charge in [-0.15, -0.1) is 0 Å². The Labute approximate surface area is 742 Å². The topological polar surface area (TPSA) is 650 Å². The first kappa shape index (κ1) is 95.6. The molecule has 0 spiro atoms. The highest BCUT2D eigenvalue weighted by Crippen LogP contribution is 2.43. The van der Waals surface area contributed by atoms with E-state index in [0.29, 0.717) is 60.7 Å². The third kappa shape index (κ3) is 26.1. The number of primary amides is 2. The number of aromatic nitrogens is 3. The molecule has 2 saturated heterocycles. The molecule has 5 aromatic rings. The number of nitrogens with zero attached hydrogens (tertiary/aromatic N) is 5. The highest BCUT2D eigenvalue weighted by Gasteiger charge is 2.37. The number of nitrogens with two attached hydrogens (primary N) is 4. The number of piperidine rings is 2. The third-order valence-corrected chi connectivity index (χ3v) is 23.6. The number of anilines is 6. The van der Waals surface area contributed by atoms with Crippen molar-refractivity contribution in [2.75, 3.05) is 97.0 Å². The fourth-order valence-corrected chi connectivity index (χ4v) is 16.2. The van der Waals surface area contributed by atoms with Gasteiger partial charge in [0.15, 0.2) is 5.43 Å². The Morgan fingerprint density at radius 3 is 1.81 bits per heavy atom. The molecule has 4 aromatic carbocycles. The van der Waals surface area contributed by atoms with Crippen LogP contribution in [0.3, 0.4) is 0 Å². The molecular weight excluding hydrogens is 1700 g/mol. The average Bonchev–Trinajstić information content (AvgIpc) is 0.745. The van der Waals surface area contributed by atoms with Crippen molar-refractivity contribution in [1.29, 1.82) is 0 Å². The van der Waals surface area contributed by atoms with Crippen LogP contribution in [-0.2, 0) is 63.3 Å². The summed E-state index contributed by atoms with van der Waals surface area (Å²) in [5.41, 5.74) is 24.0. The molecule has 6 aliphatic rings. The Kier molecular flexibility index (Phi) is 33.2. The first-order chi connectivity index (χ1) is 61.8. The zero-order valence-electron chi connectivity index (χ0n) is 70.9. The van der Waals surface area contributed by atoms with Crippen molar-refractivity contribution in [2.24, 2.45) is 40.7 Å². The van der Waals surface area contributed by atoms with E-state index in [2.05, 4.69) is 63.8 Å². The zero-order valence-corrected chi connectivity index (χ0v) is 71.7. The molecule has 6 heterocycles. The summed E-state index contributed by atoms with van der Waals surface area (Å²) in [6.45, 7) is 3.04. The molecule has 11 rings (SSSR count). The van der Waals surface area contributed by atoms with E-state index in [1.807, 2.05) is 16.7 Å². The molecule has 2 fully saturated rings. The quantitative estimate of drug-likeness (QED) is 0.0232. The number of aromatic carboxylic acids is 1. The average molecular weight is 1800 g/mol. The number of aromatic hydroxyl groups is 1. The minimum Gasteiger partial charge on any atom is -0.508 e. The number of fused-ring (bicyclic) bond motifs is 5. The second-order valence-electron chi connectivity index (χ2n) is 31.8. The molecule has 13 amide bonds. The number of carboxylic acids is 2. The van der Waals surface area contributed by atoms with E-state index in [9.17, 15) is 92.0 Å². The van der Waals surface area contributed by atoms with Gasteiger partial charge in [-0.2, -0.15) is 26.7 Å². The standard InChI is InChI=1S/C86H105N21O21S/c1-3-44(2)72-82(124)101-60(8-4-6-25-87)79(121)93-41-69(112)97-63(74(90)116)43-129-42-45-32-48(77(119)102-72)34-51(33-45)95-68(111)40-92-76(118)47-22-29-107(30-23-47)86-104-84(96-50-10-14-54(57(35-50)83(125)126)71-55-15-12-52(108)37-65(55)128-66-38-53(109)13-16-56(66)71)103-85(105-86)106-27-20-46(21-28-106)75(117)91-39-67(110)94-49-11-18-64-58(36-49)78(120)99-62(17-19-70(113)114)81(123)100-61(9-5-7-26-88)80(122)98-59(73(89)115)24-31-127-64/h10-16,18,32-38,44,46-47,59-63,72,108H,3-9,17,19-31,39-43,87-88H2,1-2H3,(H2,89,115)(H2,90,116)(H,91,117)(H,92,118)(H,93,121)(H,94,110)(H,95,111)(H,97,112)(H,98,122)(H,99,120)(H,100,123)(H,101,124)(H,102,119)(H,113,114)(H,125,126)(H,96,103,104,105)/t44-,59-,60-,61-,62-,63-,72-/m0/s1. The molecule has 0 saturated carbocycles. The molecule has 0 unspecified atom stereocenters. The Morgan fingerprint density at radius 1 is 0.589 bits per heavy atom. The maximum Gasteiger partial charge on any atom is 0.336 e. The van der Waals surface area contributed by atoms with Crippen molar-refractivity contribution in [3.05, 3.63) is 123 Å². The highest BCUT2D eigenvalue weighted by molar-refractivity contribution is 7.98. The minimum atomic E-state index is -1.51. The SMILES string of the molecule is CC[C@H](C)[C@@H]1NC(=O)c2cc(cc(NC(=O)CNC(=O)C3CCN(c4nc(Nc5ccc(-c6c7ccc(=O)cc-7oc7cc(O)ccc67)c(C(=O)O)c5)nc(N5CCC(C(=O)NCC(=O)Nc6ccc7c(c6)C(=O)N[C@@H](CCC(=O)O)C(=O)N[C@@H](CCCCN)C(=O)N[C@H](C(N)=O)CCO7)CC5)n4)CC3)c2)CSC[C@@H](C(N)=O)NC(=O)CNC(=O)[C@H](CCCCN)NC1=O. The van der Waals surface area contributed by atoms with Gasteiger partial charge in [-0.3, -0.25) is 71.9 Å². The predicted octanol–water partition coefficient (Wildman–Crippen LogP) is 1.26. The summed E-state index contributed by atoms with van der Waals surface area (Å²) in [4.78, 5) is 233. The number of nitrogens with one attached hydrogen (secondary N) is 12. The summed E-state index contributed by atoms with van der Waals surface area (Å²) >= 11 is 1.17. The number of carbonyl (C=O) groups is 15. The lowest BCUT2D eigenvalue weighted by Gasteiger charge is -2.34. The number of unbranched alkanes of at least 4 members (excludes halogenated alkanes) is 2. The molecule has 129 heavy (non-hydrogen) atoms. The van der Waals surface area contributed by atoms with Crippen LogP contribution in [0.1, 0.15) is 140 Å². The van der Waals surface area contributed by atoms with Crippen LogP contribution < -0.4 is 107 Å². The van der Waals surface area contributed by atoms with Crippen LogP contribution >= 0.6 is 11.8 Å². The fourth-order valence-electron chi connectivity index (χ4n) is 15.2.